The van der Waals surface area contributed by atoms with Gasteiger partial charge >= 0.3 is 5.97 Å². The summed E-state index contributed by atoms with van der Waals surface area (Å²) in [4.78, 5) is 10.9. The smallest absolute Gasteiger partial charge is 0.332 e. The standard InChI is InChI=1S/C11H21NO3/c1-3-9(10(13)14)15-11(7-12)5-4-8(2)6-11/h8-9H,3-7,12H2,1-2H3,(H,13,14). The van der Waals surface area contributed by atoms with Crippen molar-refractivity contribution in [3.63, 3.8) is 0 Å². The first-order chi connectivity index (χ1) is 7.03. The van der Waals surface area contributed by atoms with Crippen molar-refractivity contribution < 1.29 is 14.6 Å². The van der Waals surface area contributed by atoms with Crippen LogP contribution in [0.1, 0.15) is 39.5 Å². The molecule has 3 atom stereocenters. The zero-order valence-electron chi connectivity index (χ0n) is 9.53. The lowest BCUT2D eigenvalue weighted by atomic mass is 10.00. The predicted molar refractivity (Wildman–Crippen MR) is 57.6 cm³/mol. The van der Waals surface area contributed by atoms with Crippen molar-refractivity contribution in [2.45, 2.75) is 51.2 Å². The summed E-state index contributed by atoms with van der Waals surface area (Å²) >= 11 is 0. The number of carbonyl (C=O) groups is 1. The summed E-state index contributed by atoms with van der Waals surface area (Å²) in [7, 11) is 0. The second kappa shape index (κ2) is 4.94. The zero-order chi connectivity index (χ0) is 11.5. The Morgan fingerprint density at radius 2 is 2.40 bits per heavy atom. The zero-order valence-corrected chi connectivity index (χ0v) is 9.53. The van der Waals surface area contributed by atoms with Crippen LogP contribution < -0.4 is 5.73 Å². The van der Waals surface area contributed by atoms with E-state index in [9.17, 15) is 4.79 Å². The lowest BCUT2D eigenvalue weighted by Crippen LogP contribution is -2.43. The highest BCUT2D eigenvalue weighted by Gasteiger charge is 2.40. The van der Waals surface area contributed by atoms with E-state index in [-0.39, 0.29) is 0 Å². The molecule has 0 saturated heterocycles. The SMILES string of the molecule is CCC(OC1(CN)CCC(C)C1)C(=O)O. The van der Waals surface area contributed by atoms with Crippen molar-refractivity contribution in [1.82, 2.24) is 0 Å². The summed E-state index contributed by atoms with van der Waals surface area (Å²) < 4.78 is 5.70. The number of rotatable bonds is 5. The van der Waals surface area contributed by atoms with Gasteiger partial charge in [0.05, 0.1) is 5.60 Å². The van der Waals surface area contributed by atoms with Gasteiger partial charge in [-0.15, -0.1) is 0 Å². The van der Waals surface area contributed by atoms with Gasteiger partial charge in [-0.1, -0.05) is 13.8 Å². The maximum Gasteiger partial charge on any atom is 0.332 e. The van der Waals surface area contributed by atoms with Gasteiger partial charge in [0, 0.05) is 6.54 Å². The van der Waals surface area contributed by atoms with Gasteiger partial charge in [-0.25, -0.2) is 4.79 Å². The van der Waals surface area contributed by atoms with E-state index in [4.69, 9.17) is 15.6 Å². The summed E-state index contributed by atoms with van der Waals surface area (Å²) in [5.74, 6) is -0.301. The number of hydrogen-bond donors (Lipinski definition) is 2. The monoisotopic (exact) mass is 215 g/mol. The maximum absolute atomic E-state index is 10.9. The van der Waals surface area contributed by atoms with Gasteiger partial charge in [0.25, 0.3) is 0 Å². The highest BCUT2D eigenvalue weighted by molar-refractivity contribution is 5.72. The number of ether oxygens (including phenoxy) is 1. The fourth-order valence-electron chi connectivity index (χ4n) is 2.30. The first-order valence-electron chi connectivity index (χ1n) is 5.63. The minimum Gasteiger partial charge on any atom is -0.479 e. The number of aliphatic carboxylic acids is 1. The summed E-state index contributed by atoms with van der Waals surface area (Å²) in [5.41, 5.74) is 5.33. The largest absolute Gasteiger partial charge is 0.479 e. The van der Waals surface area contributed by atoms with Crippen LogP contribution >= 0.6 is 0 Å². The van der Waals surface area contributed by atoms with Gasteiger partial charge < -0.3 is 15.6 Å². The van der Waals surface area contributed by atoms with Crippen molar-refractivity contribution in [1.29, 1.82) is 0 Å². The van der Waals surface area contributed by atoms with Gasteiger partial charge in [-0.3, -0.25) is 0 Å². The fourth-order valence-corrected chi connectivity index (χ4v) is 2.30. The van der Waals surface area contributed by atoms with Crippen LogP contribution in [0.15, 0.2) is 0 Å². The van der Waals surface area contributed by atoms with Gasteiger partial charge in [-0.05, 0) is 31.6 Å². The molecule has 88 valence electrons. The van der Waals surface area contributed by atoms with Crippen molar-refractivity contribution in [3.8, 4) is 0 Å². The molecule has 0 radical (unpaired) electrons. The van der Waals surface area contributed by atoms with Crippen LogP contribution in [0.3, 0.4) is 0 Å². The molecule has 1 saturated carbocycles. The summed E-state index contributed by atoms with van der Waals surface area (Å²) in [6, 6.07) is 0. The molecule has 0 heterocycles. The third-order valence-electron chi connectivity index (χ3n) is 3.22. The Labute approximate surface area is 90.8 Å². The van der Waals surface area contributed by atoms with Gasteiger partial charge in [0.2, 0.25) is 0 Å². The quantitative estimate of drug-likeness (QED) is 0.726. The molecule has 1 aliphatic carbocycles. The lowest BCUT2D eigenvalue weighted by Gasteiger charge is -2.31. The number of carboxylic acids is 1. The average molecular weight is 215 g/mol. The van der Waals surface area contributed by atoms with E-state index < -0.39 is 17.7 Å². The minimum absolute atomic E-state index is 0.390. The topological polar surface area (TPSA) is 72.5 Å². The van der Waals surface area contributed by atoms with Gasteiger partial charge in [0.15, 0.2) is 6.10 Å². The molecule has 0 aromatic heterocycles. The van der Waals surface area contributed by atoms with E-state index in [1.807, 2.05) is 6.92 Å². The van der Waals surface area contributed by atoms with E-state index >= 15 is 0 Å². The number of nitrogens with two attached hydrogens (primary N) is 1. The maximum atomic E-state index is 10.9. The summed E-state index contributed by atoms with van der Waals surface area (Å²) in [5, 5.41) is 8.94. The molecule has 0 aromatic rings. The van der Waals surface area contributed by atoms with Crippen LogP contribution in [0.5, 0.6) is 0 Å². The van der Waals surface area contributed by atoms with Crippen molar-refractivity contribution in [2.24, 2.45) is 11.7 Å². The molecule has 4 nitrogen and oxygen atoms in total. The molecule has 15 heavy (non-hydrogen) atoms. The lowest BCUT2D eigenvalue weighted by molar-refractivity contribution is -0.163. The molecule has 0 bridgehead atoms. The van der Waals surface area contributed by atoms with Crippen molar-refractivity contribution in [3.05, 3.63) is 0 Å². The predicted octanol–water partition coefficient (Wildman–Crippen LogP) is 1.38. The Hall–Kier alpha value is -0.610. The molecule has 3 unspecified atom stereocenters. The molecule has 1 rings (SSSR count). The fraction of sp³-hybridized carbons (Fsp3) is 0.909. The molecule has 0 aromatic carbocycles. The third kappa shape index (κ3) is 2.92. The Morgan fingerprint density at radius 1 is 1.73 bits per heavy atom. The molecule has 1 fully saturated rings. The molecular weight excluding hydrogens is 194 g/mol. The van der Waals surface area contributed by atoms with Crippen LogP contribution in [0.2, 0.25) is 0 Å². The highest BCUT2D eigenvalue weighted by atomic mass is 16.5. The number of hydrogen-bond acceptors (Lipinski definition) is 3. The van der Waals surface area contributed by atoms with Crippen LogP contribution in [-0.4, -0.2) is 29.3 Å². The second-order valence-corrected chi connectivity index (χ2v) is 4.59. The minimum atomic E-state index is -0.884. The van der Waals surface area contributed by atoms with Crippen molar-refractivity contribution >= 4 is 5.97 Å². The van der Waals surface area contributed by atoms with Crippen molar-refractivity contribution in [2.75, 3.05) is 6.54 Å². The summed E-state index contributed by atoms with van der Waals surface area (Å²) in [6.07, 6.45) is 2.62. The van der Waals surface area contributed by atoms with Crippen LogP contribution in [0.25, 0.3) is 0 Å². The molecule has 1 aliphatic rings. The first kappa shape index (κ1) is 12.5. The second-order valence-electron chi connectivity index (χ2n) is 4.59. The van der Waals surface area contributed by atoms with Gasteiger partial charge in [0.1, 0.15) is 0 Å². The Kier molecular flexibility index (Phi) is 4.11. The molecule has 3 N–H and O–H groups in total. The Morgan fingerprint density at radius 3 is 2.73 bits per heavy atom. The molecule has 0 aliphatic heterocycles. The van der Waals surface area contributed by atoms with Gasteiger partial charge in [-0.2, -0.15) is 0 Å². The Bertz CT molecular complexity index is 232. The molecule has 0 spiro atoms. The first-order valence-corrected chi connectivity index (χ1v) is 5.63. The van der Waals surface area contributed by atoms with Crippen LogP contribution in [0, 0.1) is 5.92 Å². The summed E-state index contributed by atoms with van der Waals surface area (Å²) in [6.45, 7) is 4.39. The number of carboxylic acid groups (broad SMARTS) is 1. The molecular formula is C11H21NO3. The third-order valence-corrected chi connectivity index (χ3v) is 3.22. The van der Waals surface area contributed by atoms with E-state index in [0.29, 0.717) is 18.9 Å². The molecule has 4 heteroatoms. The average Bonchev–Trinajstić information content (AvgIpc) is 2.57. The molecule has 0 amide bonds. The van der Waals surface area contributed by atoms with E-state index in [0.717, 1.165) is 19.3 Å². The van der Waals surface area contributed by atoms with Crippen LogP contribution in [-0.2, 0) is 9.53 Å². The normalized spacial score (nSPS) is 32.9. The Balaban J connectivity index is 2.63. The van der Waals surface area contributed by atoms with E-state index in [1.54, 1.807) is 0 Å². The highest BCUT2D eigenvalue weighted by Crippen LogP contribution is 2.37. The van der Waals surface area contributed by atoms with E-state index in [1.165, 1.54) is 0 Å². The van der Waals surface area contributed by atoms with Crippen LogP contribution in [0.4, 0.5) is 0 Å². The van der Waals surface area contributed by atoms with E-state index in [2.05, 4.69) is 6.92 Å².